The number of rotatable bonds is 4. The van der Waals surface area contributed by atoms with E-state index in [0.717, 1.165) is 0 Å². The van der Waals surface area contributed by atoms with Crippen LogP contribution in [0.5, 0.6) is 5.75 Å². The Morgan fingerprint density at radius 3 is 2.45 bits per heavy atom. The molecule has 2 rings (SSSR count). The number of aryl methyl sites for hydroxylation is 1. The highest BCUT2D eigenvalue weighted by Crippen LogP contribution is 2.26. The fraction of sp³-hybridized carbons (Fsp3) is 0.143. The van der Waals surface area contributed by atoms with Crippen molar-refractivity contribution in [2.24, 2.45) is 0 Å². The first-order valence-corrected chi connectivity index (χ1v) is 7.72. The summed E-state index contributed by atoms with van der Waals surface area (Å²) in [7, 11) is -2.15. The third-order valence-corrected chi connectivity index (χ3v) is 4.65. The largest absolute Gasteiger partial charge is 0.497 e. The number of halogens is 1. The Labute approximate surface area is 123 Å². The van der Waals surface area contributed by atoms with Crippen LogP contribution in [-0.2, 0) is 10.0 Å². The molecule has 0 aliphatic rings. The van der Waals surface area contributed by atoms with Gasteiger partial charge in [0.25, 0.3) is 10.0 Å². The molecule has 6 heteroatoms. The molecular formula is C14H14ClNO3S. The monoisotopic (exact) mass is 311 g/mol. The van der Waals surface area contributed by atoms with Crippen LogP contribution in [0.3, 0.4) is 0 Å². The minimum Gasteiger partial charge on any atom is -0.497 e. The van der Waals surface area contributed by atoms with E-state index in [0.29, 0.717) is 22.0 Å². The van der Waals surface area contributed by atoms with Crippen molar-refractivity contribution in [1.82, 2.24) is 0 Å². The molecule has 0 atom stereocenters. The summed E-state index contributed by atoms with van der Waals surface area (Å²) in [4.78, 5) is 0.193. The van der Waals surface area contributed by atoms with Crippen molar-refractivity contribution in [2.75, 3.05) is 11.8 Å². The Hall–Kier alpha value is -1.72. The quantitative estimate of drug-likeness (QED) is 0.940. The highest BCUT2D eigenvalue weighted by Gasteiger charge is 2.18. The Morgan fingerprint density at radius 2 is 1.85 bits per heavy atom. The zero-order valence-electron chi connectivity index (χ0n) is 11.1. The first-order chi connectivity index (χ1) is 9.44. The summed E-state index contributed by atoms with van der Waals surface area (Å²) in [5.41, 5.74) is 0.952. The topological polar surface area (TPSA) is 55.4 Å². The van der Waals surface area contributed by atoms with E-state index < -0.39 is 10.0 Å². The van der Waals surface area contributed by atoms with Crippen LogP contribution in [0.15, 0.2) is 47.4 Å². The second-order valence-corrected chi connectivity index (χ2v) is 6.27. The van der Waals surface area contributed by atoms with Gasteiger partial charge in [0.05, 0.1) is 22.7 Å². The van der Waals surface area contributed by atoms with Gasteiger partial charge in [-0.15, -0.1) is 0 Å². The highest BCUT2D eigenvalue weighted by atomic mass is 35.5. The number of ether oxygens (including phenoxy) is 1. The lowest BCUT2D eigenvalue weighted by molar-refractivity contribution is 0.414. The maximum Gasteiger partial charge on any atom is 0.262 e. The van der Waals surface area contributed by atoms with E-state index in [2.05, 4.69) is 4.72 Å². The molecule has 0 aliphatic heterocycles. The molecule has 1 N–H and O–H groups in total. The molecule has 2 aromatic rings. The summed E-state index contributed by atoms with van der Waals surface area (Å²) >= 11 is 5.96. The smallest absolute Gasteiger partial charge is 0.262 e. The standard InChI is InChI=1S/C14H14ClNO3S/c1-10-9-11(19-2)7-8-14(10)20(17,18)16-13-6-4-3-5-12(13)15/h3-9,16H,1-2H3. The van der Waals surface area contributed by atoms with Crippen LogP contribution in [-0.4, -0.2) is 15.5 Å². The van der Waals surface area contributed by atoms with Gasteiger partial charge in [-0.05, 0) is 42.8 Å². The first-order valence-electron chi connectivity index (χ1n) is 5.86. The zero-order chi connectivity index (χ0) is 14.8. The molecule has 0 amide bonds. The van der Waals surface area contributed by atoms with Crippen molar-refractivity contribution in [3.8, 4) is 5.75 Å². The second kappa shape index (κ2) is 5.73. The van der Waals surface area contributed by atoms with Crippen LogP contribution in [0, 0.1) is 6.92 Å². The lowest BCUT2D eigenvalue weighted by Crippen LogP contribution is -2.14. The third-order valence-electron chi connectivity index (χ3n) is 2.79. The van der Waals surface area contributed by atoms with Gasteiger partial charge in [0, 0.05) is 0 Å². The Balaban J connectivity index is 2.39. The van der Waals surface area contributed by atoms with E-state index in [-0.39, 0.29) is 4.90 Å². The molecule has 0 unspecified atom stereocenters. The fourth-order valence-electron chi connectivity index (χ4n) is 1.79. The minimum absolute atomic E-state index is 0.193. The Morgan fingerprint density at radius 1 is 1.15 bits per heavy atom. The van der Waals surface area contributed by atoms with Crippen LogP contribution in [0.25, 0.3) is 0 Å². The molecule has 2 aromatic carbocycles. The van der Waals surface area contributed by atoms with E-state index in [1.54, 1.807) is 43.3 Å². The van der Waals surface area contributed by atoms with Crippen LogP contribution >= 0.6 is 11.6 Å². The van der Waals surface area contributed by atoms with Gasteiger partial charge in [0.2, 0.25) is 0 Å². The third kappa shape index (κ3) is 3.05. The maximum absolute atomic E-state index is 12.4. The predicted octanol–water partition coefficient (Wildman–Crippen LogP) is 3.46. The van der Waals surface area contributed by atoms with Gasteiger partial charge < -0.3 is 4.74 Å². The molecule has 0 saturated carbocycles. The number of methoxy groups -OCH3 is 1. The van der Waals surface area contributed by atoms with Gasteiger partial charge >= 0.3 is 0 Å². The van der Waals surface area contributed by atoms with Crippen LogP contribution in [0.1, 0.15) is 5.56 Å². The van der Waals surface area contributed by atoms with Crippen molar-refractivity contribution in [2.45, 2.75) is 11.8 Å². The molecule has 0 bridgehead atoms. The molecule has 0 radical (unpaired) electrons. The van der Waals surface area contributed by atoms with Gasteiger partial charge in [-0.1, -0.05) is 23.7 Å². The lowest BCUT2D eigenvalue weighted by Gasteiger charge is -2.12. The summed E-state index contributed by atoms with van der Waals surface area (Å²) in [5.74, 6) is 0.610. The summed E-state index contributed by atoms with van der Waals surface area (Å²) < 4.78 is 32.3. The van der Waals surface area contributed by atoms with E-state index in [9.17, 15) is 8.42 Å². The van der Waals surface area contributed by atoms with E-state index in [1.165, 1.54) is 13.2 Å². The average molecular weight is 312 g/mol. The van der Waals surface area contributed by atoms with Crippen molar-refractivity contribution in [1.29, 1.82) is 0 Å². The number of sulfonamides is 1. The molecule has 0 saturated heterocycles. The summed E-state index contributed by atoms with van der Waals surface area (Å²) in [6.07, 6.45) is 0. The maximum atomic E-state index is 12.4. The van der Waals surface area contributed by atoms with Crippen molar-refractivity contribution in [3.05, 3.63) is 53.1 Å². The summed E-state index contributed by atoms with van der Waals surface area (Å²) in [6, 6.07) is 11.5. The number of hydrogen-bond donors (Lipinski definition) is 1. The molecule has 0 fully saturated rings. The van der Waals surface area contributed by atoms with Crippen LogP contribution < -0.4 is 9.46 Å². The van der Waals surface area contributed by atoms with Crippen LogP contribution in [0.4, 0.5) is 5.69 Å². The molecule has 20 heavy (non-hydrogen) atoms. The lowest BCUT2D eigenvalue weighted by atomic mass is 10.2. The predicted molar refractivity (Wildman–Crippen MR) is 80.0 cm³/mol. The number of nitrogens with one attached hydrogen (secondary N) is 1. The second-order valence-electron chi connectivity index (χ2n) is 4.22. The van der Waals surface area contributed by atoms with Crippen molar-refractivity contribution >= 4 is 27.3 Å². The molecular weight excluding hydrogens is 298 g/mol. The SMILES string of the molecule is COc1ccc(S(=O)(=O)Nc2ccccc2Cl)c(C)c1. The Kier molecular flexibility index (Phi) is 4.20. The fourth-order valence-corrected chi connectivity index (χ4v) is 3.34. The van der Waals surface area contributed by atoms with E-state index >= 15 is 0 Å². The highest BCUT2D eigenvalue weighted by molar-refractivity contribution is 7.92. The zero-order valence-corrected chi connectivity index (χ0v) is 12.6. The van der Waals surface area contributed by atoms with Gasteiger partial charge in [-0.3, -0.25) is 4.72 Å². The number of anilines is 1. The normalized spacial score (nSPS) is 11.2. The van der Waals surface area contributed by atoms with Crippen molar-refractivity contribution in [3.63, 3.8) is 0 Å². The average Bonchev–Trinajstić information content (AvgIpc) is 2.40. The molecule has 0 heterocycles. The molecule has 106 valence electrons. The molecule has 0 spiro atoms. The van der Waals surface area contributed by atoms with Gasteiger partial charge in [-0.25, -0.2) is 8.42 Å². The number of hydrogen-bond acceptors (Lipinski definition) is 3. The van der Waals surface area contributed by atoms with E-state index in [4.69, 9.17) is 16.3 Å². The van der Waals surface area contributed by atoms with Crippen LogP contribution in [0.2, 0.25) is 5.02 Å². The van der Waals surface area contributed by atoms with Gasteiger partial charge in [0.1, 0.15) is 5.75 Å². The minimum atomic E-state index is -3.68. The molecule has 4 nitrogen and oxygen atoms in total. The summed E-state index contributed by atoms with van der Waals surface area (Å²) in [5, 5.41) is 0.349. The van der Waals surface area contributed by atoms with Gasteiger partial charge in [0.15, 0.2) is 0 Å². The summed E-state index contributed by atoms with van der Waals surface area (Å²) in [6.45, 7) is 1.71. The van der Waals surface area contributed by atoms with Crippen molar-refractivity contribution < 1.29 is 13.2 Å². The number of para-hydroxylation sites is 1. The van der Waals surface area contributed by atoms with Gasteiger partial charge in [-0.2, -0.15) is 0 Å². The number of benzene rings is 2. The first kappa shape index (κ1) is 14.7. The van der Waals surface area contributed by atoms with E-state index in [1.807, 2.05) is 0 Å². The molecule has 0 aromatic heterocycles. The molecule has 0 aliphatic carbocycles. The Bertz CT molecular complexity index is 729.